The minimum absolute atomic E-state index is 0.148. The first kappa shape index (κ1) is 21.9. The Morgan fingerprint density at radius 2 is 2.19 bits per heavy atom. The Hall–Kier alpha value is -3.30. The number of likely N-dealkylation sites (tertiary alicyclic amines) is 1. The van der Waals surface area contributed by atoms with E-state index in [9.17, 15) is 4.79 Å². The van der Waals surface area contributed by atoms with Gasteiger partial charge in [0.15, 0.2) is 11.4 Å². The molecule has 32 heavy (non-hydrogen) atoms. The normalized spacial score (nSPS) is 19.2. The number of nitrogens with one attached hydrogen (secondary N) is 2. The first-order valence-corrected chi connectivity index (χ1v) is 11.0. The molecule has 3 aromatic heterocycles. The highest BCUT2D eigenvalue weighted by Gasteiger charge is 2.32. The highest BCUT2D eigenvalue weighted by molar-refractivity contribution is 5.77. The Labute approximate surface area is 187 Å². The molecule has 1 aliphatic rings. The predicted octanol–water partition coefficient (Wildman–Crippen LogP) is 3.58. The molecule has 1 amide bonds. The number of hydrogen-bond donors (Lipinski definition) is 2. The van der Waals surface area contributed by atoms with Crippen molar-refractivity contribution in [2.45, 2.75) is 52.7 Å². The topological polar surface area (TPSA) is 110 Å². The molecule has 0 bridgehead atoms. The van der Waals surface area contributed by atoms with Gasteiger partial charge in [-0.25, -0.2) is 9.31 Å². The highest BCUT2D eigenvalue weighted by atomic mass is 16.6. The summed E-state index contributed by atoms with van der Waals surface area (Å²) in [6.45, 7) is 11.5. The van der Waals surface area contributed by atoms with E-state index < -0.39 is 5.60 Å². The second-order valence-corrected chi connectivity index (χ2v) is 9.13. The van der Waals surface area contributed by atoms with Crippen molar-refractivity contribution in [3.8, 4) is 16.9 Å². The Balaban J connectivity index is 1.50. The van der Waals surface area contributed by atoms with Gasteiger partial charge in [-0.2, -0.15) is 10.1 Å². The zero-order valence-electron chi connectivity index (χ0n) is 19.3. The Bertz CT molecular complexity index is 1070. The van der Waals surface area contributed by atoms with Crippen LogP contribution in [0.4, 0.5) is 10.7 Å². The van der Waals surface area contributed by atoms with E-state index in [1.165, 1.54) is 0 Å². The lowest BCUT2D eigenvalue weighted by atomic mass is 9.94. The minimum Gasteiger partial charge on any atom is -0.489 e. The van der Waals surface area contributed by atoms with Crippen LogP contribution >= 0.6 is 0 Å². The number of hydrogen-bond acceptors (Lipinski definition) is 7. The maximum Gasteiger partial charge on any atom is 0.410 e. The fourth-order valence-corrected chi connectivity index (χ4v) is 3.91. The third kappa shape index (κ3) is 4.63. The van der Waals surface area contributed by atoms with Gasteiger partial charge in [0.05, 0.1) is 12.8 Å². The fourth-order valence-electron chi connectivity index (χ4n) is 3.91. The van der Waals surface area contributed by atoms with Gasteiger partial charge in [-0.05, 0) is 46.1 Å². The SMILES string of the molecule is CCOc1c(-c2cn[nH]c2)ccn2nc(NC3CCN(C(=O)OC(C)(C)C)CC3C)nc12. The van der Waals surface area contributed by atoms with Crippen LogP contribution in [0.25, 0.3) is 16.8 Å². The number of aromatic amines is 1. The van der Waals surface area contributed by atoms with Crippen LogP contribution in [0, 0.1) is 5.92 Å². The molecule has 10 nitrogen and oxygen atoms in total. The third-order valence-electron chi connectivity index (χ3n) is 5.43. The van der Waals surface area contributed by atoms with Crippen molar-refractivity contribution < 1.29 is 14.3 Å². The smallest absolute Gasteiger partial charge is 0.410 e. The third-order valence-corrected chi connectivity index (χ3v) is 5.43. The van der Waals surface area contributed by atoms with Crippen LogP contribution < -0.4 is 10.1 Å². The summed E-state index contributed by atoms with van der Waals surface area (Å²) in [7, 11) is 0. The van der Waals surface area contributed by atoms with Crippen molar-refractivity contribution in [3.63, 3.8) is 0 Å². The standard InChI is InChI=1S/C22H31N7O3/c1-6-31-18-16(15-11-23-24-12-15)7-10-29-19(18)26-20(27-29)25-17-8-9-28(13-14(17)2)21(30)32-22(3,4)5/h7,10-12,14,17H,6,8-9,13H2,1-5H3,(H,23,24)(H,25,27). The molecular formula is C22H31N7O3. The lowest BCUT2D eigenvalue weighted by molar-refractivity contribution is 0.0165. The van der Waals surface area contributed by atoms with E-state index in [4.69, 9.17) is 14.5 Å². The summed E-state index contributed by atoms with van der Waals surface area (Å²) in [6, 6.07) is 2.10. The summed E-state index contributed by atoms with van der Waals surface area (Å²) < 4.78 is 13.2. The number of fused-ring (bicyclic) bond motifs is 1. The Morgan fingerprint density at radius 1 is 1.38 bits per heavy atom. The molecule has 10 heteroatoms. The van der Waals surface area contributed by atoms with Crippen molar-refractivity contribution in [1.29, 1.82) is 0 Å². The van der Waals surface area contributed by atoms with Crippen LogP contribution in [0.1, 0.15) is 41.0 Å². The first-order valence-electron chi connectivity index (χ1n) is 11.0. The number of pyridine rings is 1. The van der Waals surface area contributed by atoms with Crippen LogP contribution in [0.3, 0.4) is 0 Å². The van der Waals surface area contributed by atoms with Gasteiger partial charge in [-0.1, -0.05) is 6.92 Å². The summed E-state index contributed by atoms with van der Waals surface area (Å²) in [4.78, 5) is 18.9. The van der Waals surface area contributed by atoms with E-state index in [0.717, 1.165) is 17.5 Å². The minimum atomic E-state index is -0.497. The molecule has 172 valence electrons. The number of piperidine rings is 1. The van der Waals surface area contributed by atoms with Gasteiger partial charge in [0.25, 0.3) is 0 Å². The monoisotopic (exact) mass is 441 g/mol. The molecule has 2 N–H and O–H groups in total. The van der Waals surface area contributed by atoms with Crippen LogP contribution in [0.5, 0.6) is 5.75 Å². The average Bonchev–Trinajstić information content (AvgIpc) is 3.38. The van der Waals surface area contributed by atoms with Crippen LogP contribution in [0.15, 0.2) is 24.7 Å². The number of aromatic nitrogens is 5. The molecular weight excluding hydrogens is 410 g/mol. The molecule has 0 saturated carbocycles. The lowest BCUT2D eigenvalue weighted by Gasteiger charge is -2.37. The number of anilines is 1. The predicted molar refractivity (Wildman–Crippen MR) is 121 cm³/mol. The van der Waals surface area contributed by atoms with E-state index >= 15 is 0 Å². The van der Waals surface area contributed by atoms with E-state index in [1.807, 2.05) is 46.2 Å². The van der Waals surface area contributed by atoms with Crippen molar-refractivity contribution in [2.75, 3.05) is 25.0 Å². The Morgan fingerprint density at radius 3 is 2.84 bits per heavy atom. The average molecular weight is 442 g/mol. The van der Waals surface area contributed by atoms with Crippen LogP contribution in [0.2, 0.25) is 0 Å². The van der Waals surface area contributed by atoms with Gasteiger partial charge in [0.2, 0.25) is 5.95 Å². The number of rotatable bonds is 5. The largest absolute Gasteiger partial charge is 0.489 e. The van der Waals surface area contributed by atoms with Gasteiger partial charge in [0.1, 0.15) is 5.60 Å². The zero-order valence-corrected chi connectivity index (χ0v) is 19.3. The van der Waals surface area contributed by atoms with Crippen LogP contribution in [-0.2, 0) is 4.74 Å². The van der Waals surface area contributed by atoms with Crippen molar-refractivity contribution in [2.24, 2.45) is 5.92 Å². The summed E-state index contributed by atoms with van der Waals surface area (Å²) >= 11 is 0. The molecule has 0 radical (unpaired) electrons. The van der Waals surface area contributed by atoms with Crippen molar-refractivity contribution in [3.05, 3.63) is 24.7 Å². The molecule has 4 heterocycles. The summed E-state index contributed by atoms with van der Waals surface area (Å²) in [6.07, 6.45) is 5.97. The molecule has 1 fully saturated rings. The quantitative estimate of drug-likeness (QED) is 0.623. The molecule has 4 rings (SSSR count). The van der Waals surface area contributed by atoms with E-state index in [-0.39, 0.29) is 18.1 Å². The molecule has 3 aromatic rings. The maximum absolute atomic E-state index is 12.4. The van der Waals surface area contributed by atoms with Crippen molar-refractivity contribution >= 4 is 17.7 Å². The molecule has 1 saturated heterocycles. The maximum atomic E-state index is 12.4. The molecule has 0 aromatic carbocycles. The highest BCUT2D eigenvalue weighted by Crippen LogP contribution is 2.33. The van der Waals surface area contributed by atoms with Gasteiger partial charge in [-0.15, -0.1) is 5.10 Å². The number of carbonyl (C=O) groups is 1. The van der Waals surface area contributed by atoms with E-state index in [1.54, 1.807) is 15.6 Å². The second-order valence-electron chi connectivity index (χ2n) is 9.13. The van der Waals surface area contributed by atoms with Crippen LogP contribution in [-0.4, -0.2) is 67.1 Å². The molecule has 2 unspecified atom stereocenters. The van der Waals surface area contributed by atoms with E-state index in [2.05, 4.69) is 27.5 Å². The molecule has 0 spiro atoms. The molecule has 0 aliphatic carbocycles. The number of ether oxygens (including phenoxy) is 2. The van der Waals surface area contributed by atoms with Gasteiger partial charge in [0, 0.05) is 42.7 Å². The van der Waals surface area contributed by atoms with Gasteiger partial charge >= 0.3 is 6.09 Å². The van der Waals surface area contributed by atoms with Gasteiger partial charge in [-0.3, -0.25) is 5.10 Å². The number of nitrogens with zero attached hydrogens (tertiary/aromatic N) is 5. The number of carbonyl (C=O) groups excluding carboxylic acids is 1. The summed E-state index contributed by atoms with van der Waals surface area (Å²) in [5.41, 5.74) is 1.98. The number of H-pyrrole nitrogens is 1. The summed E-state index contributed by atoms with van der Waals surface area (Å²) in [5, 5.41) is 14.9. The van der Waals surface area contributed by atoms with Gasteiger partial charge < -0.3 is 19.7 Å². The Kier molecular flexibility index (Phi) is 5.94. The summed E-state index contributed by atoms with van der Waals surface area (Å²) in [5.74, 6) is 1.43. The van der Waals surface area contributed by atoms with Crippen molar-refractivity contribution in [1.82, 2.24) is 29.7 Å². The molecule has 2 atom stereocenters. The lowest BCUT2D eigenvalue weighted by Crippen LogP contribution is -2.49. The second kappa shape index (κ2) is 8.68. The van der Waals surface area contributed by atoms with E-state index in [0.29, 0.717) is 37.0 Å². The fraction of sp³-hybridized carbons (Fsp3) is 0.545. The molecule has 1 aliphatic heterocycles. The first-order chi connectivity index (χ1) is 15.2. The number of amides is 1. The zero-order chi connectivity index (χ0) is 22.9.